The highest BCUT2D eigenvalue weighted by Crippen LogP contribution is 2.71. The number of aliphatic hydroxyl groups is 1. The standard InChI is InChI=1S/C17H27NO5/c1-14(2,3)23-13(21)18-11(12(19)20)16-7-15(8-16)5-4-6-17(22,9-15)10-16/h11,22H,4-10H2,1-3H3,(H,18,21)(H,19,20)/t11-,15?,16?,17?/m1/s1. The molecule has 2 atom stereocenters. The van der Waals surface area contributed by atoms with E-state index < -0.39 is 34.7 Å². The van der Waals surface area contributed by atoms with Crippen molar-refractivity contribution < 1.29 is 24.5 Å². The van der Waals surface area contributed by atoms with Gasteiger partial charge in [-0.25, -0.2) is 9.59 Å². The van der Waals surface area contributed by atoms with Crippen molar-refractivity contribution in [1.82, 2.24) is 5.32 Å². The Labute approximate surface area is 136 Å². The number of carbonyl (C=O) groups is 2. The fourth-order valence-electron chi connectivity index (χ4n) is 5.55. The second kappa shape index (κ2) is 4.85. The molecule has 3 N–H and O–H groups in total. The van der Waals surface area contributed by atoms with Gasteiger partial charge in [0.15, 0.2) is 0 Å². The van der Waals surface area contributed by atoms with Gasteiger partial charge in [-0.3, -0.25) is 0 Å². The van der Waals surface area contributed by atoms with Crippen molar-refractivity contribution in [1.29, 1.82) is 0 Å². The van der Waals surface area contributed by atoms with Crippen LogP contribution in [0.3, 0.4) is 0 Å². The molecule has 1 unspecified atom stereocenters. The van der Waals surface area contributed by atoms with Crippen LogP contribution in [0.15, 0.2) is 0 Å². The summed E-state index contributed by atoms with van der Waals surface area (Å²) < 4.78 is 5.21. The number of amides is 1. The van der Waals surface area contributed by atoms with Crippen LogP contribution in [-0.2, 0) is 9.53 Å². The molecule has 6 nitrogen and oxygen atoms in total. The first-order valence-corrected chi connectivity index (χ1v) is 8.42. The van der Waals surface area contributed by atoms with Crippen molar-refractivity contribution in [2.45, 2.75) is 83.0 Å². The first kappa shape index (κ1) is 16.6. The maximum absolute atomic E-state index is 12.0. The summed E-state index contributed by atoms with van der Waals surface area (Å²) in [4.78, 5) is 23.8. The van der Waals surface area contributed by atoms with Crippen molar-refractivity contribution in [3.05, 3.63) is 0 Å². The monoisotopic (exact) mass is 325 g/mol. The summed E-state index contributed by atoms with van der Waals surface area (Å²) in [5.41, 5.74) is -1.91. The Morgan fingerprint density at radius 3 is 2.30 bits per heavy atom. The van der Waals surface area contributed by atoms with Gasteiger partial charge in [0.2, 0.25) is 0 Å². The third kappa shape index (κ3) is 2.93. The van der Waals surface area contributed by atoms with Crippen LogP contribution in [0, 0.1) is 10.8 Å². The molecule has 0 aromatic heterocycles. The minimum absolute atomic E-state index is 0.0779. The van der Waals surface area contributed by atoms with E-state index in [1.165, 1.54) is 0 Å². The maximum atomic E-state index is 12.0. The van der Waals surface area contributed by atoms with Crippen LogP contribution in [0.25, 0.3) is 0 Å². The number of hydrogen-bond donors (Lipinski definition) is 3. The van der Waals surface area contributed by atoms with Gasteiger partial charge < -0.3 is 20.3 Å². The highest BCUT2D eigenvalue weighted by molar-refractivity contribution is 5.81. The maximum Gasteiger partial charge on any atom is 0.408 e. The predicted molar refractivity (Wildman–Crippen MR) is 82.9 cm³/mol. The molecule has 0 heterocycles. The zero-order chi connectivity index (χ0) is 17.1. The number of carbonyl (C=O) groups excluding carboxylic acids is 1. The van der Waals surface area contributed by atoms with Crippen molar-refractivity contribution in [3.8, 4) is 0 Å². The zero-order valence-corrected chi connectivity index (χ0v) is 14.1. The molecular weight excluding hydrogens is 298 g/mol. The van der Waals surface area contributed by atoms with E-state index in [1.807, 2.05) is 0 Å². The van der Waals surface area contributed by atoms with Gasteiger partial charge in [-0.1, -0.05) is 6.42 Å². The molecule has 1 spiro atoms. The van der Waals surface area contributed by atoms with Gasteiger partial charge in [0.25, 0.3) is 0 Å². The molecule has 4 aliphatic carbocycles. The summed E-state index contributed by atoms with van der Waals surface area (Å²) >= 11 is 0. The summed E-state index contributed by atoms with van der Waals surface area (Å²) in [6, 6.07) is -1.00. The Balaban J connectivity index is 1.77. The number of carboxylic acids is 1. The lowest BCUT2D eigenvalue weighted by Gasteiger charge is -2.69. The molecular formula is C17H27NO5. The van der Waals surface area contributed by atoms with E-state index in [2.05, 4.69) is 5.32 Å². The fourth-order valence-corrected chi connectivity index (χ4v) is 5.55. The summed E-state index contributed by atoms with van der Waals surface area (Å²) in [5, 5.41) is 23.0. The van der Waals surface area contributed by atoms with Crippen molar-refractivity contribution in [2.24, 2.45) is 10.8 Å². The number of alkyl carbamates (subject to hydrolysis) is 1. The predicted octanol–water partition coefficient (Wildman–Crippen LogP) is 2.44. The number of aliphatic carboxylic acids is 1. The van der Waals surface area contributed by atoms with Crippen LogP contribution in [0.2, 0.25) is 0 Å². The molecule has 6 heteroatoms. The lowest BCUT2D eigenvalue weighted by molar-refractivity contribution is -0.230. The summed E-state index contributed by atoms with van der Waals surface area (Å²) in [7, 11) is 0. The van der Waals surface area contributed by atoms with Crippen LogP contribution in [0.1, 0.15) is 65.7 Å². The Kier molecular flexibility index (Phi) is 3.49. The molecule has 23 heavy (non-hydrogen) atoms. The largest absolute Gasteiger partial charge is 0.480 e. The van der Waals surface area contributed by atoms with Crippen LogP contribution >= 0.6 is 0 Å². The van der Waals surface area contributed by atoms with E-state index in [9.17, 15) is 19.8 Å². The first-order chi connectivity index (χ1) is 10.5. The van der Waals surface area contributed by atoms with E-state index in [4.69, 9.17) is 4.74 Å². The Morgan fingerprint density at radius 1 is 1.13 bits per heavy atom. The normalized spacial score (nSPS) is 39.8. The third-order valence-electron chi connectivity index (χ3n) is 5.71. The minimum Gasteiger partial charge on any atom is -0.480 e. The van der Waals surface area contributed by atoms with Crippen LogP contribution in [0.4, 0.5) is 4.79 Å². The topological polar surface area (TPSA) is 95.9 Å². The fraction of sp³-hybridized carbons (Fsp3) is 0.882. The lowest BCUT2D eigenvalue weighted by atomic mass is 9.37. The third-order valence-corrected chi connectivity index (χ3v) is 5.71. The van der Waals surface area contributed by atoms with Gasteiger partial charge in [-0.05, 0) is 64.7 Å². The number of rotatable bonds is 3. The van der Waals surface area contributed by atoms with Gasteiger partial charge in [0, 0.05) is 5.41 Å². The van der Waals surface area contributed by atoms with Gasteiger partial charge in [-0.15, -0.1) is 0 Å². The molecule has 4 aliphatic rings. The highest BCUT2D eigenvalue weighted by Gasteiger charge is 2.68. The summed E-state index contributed by atoms with van der Waals surface area (Å²) in [5.74, 6) is -1.05. The number of nitrogens with one attached hydrogen (secondary N) is 1. The Hall–Kier alpha value is -1.30. The summed E-state index contributed by atoms with van der Waals surface area (Å²) in [6.45, 7) is 5.23. The van der Waals surface area contributed by atoms with Gasteiger partial charge in [-0.2, -0.15) is 0 Å². The van der Waals surface area contributed by atoms with E-state index >= 15 is 0 Å². The van der Waals surface area contributed by atoms with Crippen LogP contribution < -0.4 is 5.32 Å². The molecule has 0 saturated heterocycles. The Bertz CT molecular complexity index is 528. The first-order valence-electron chi connectivity index (χ1n) is 8.42. The number of ether oxygens (including phenoxy) is 1. The number of hydrogen-bond acceptors (Lipinski definition) is 4. The SMILES string of the molecule is CC(C)(C)OC(=O)N[C@H](C(=O)O)C12CC3(O)CCCC(C3)(C1)C2. The van der Waals surface area contributed by atoms with E-state index in [0.717, 1.165) is 38.5 Å². The molecule has 130 valence electrons. The second-order valence-corrected chi connectivity index (χ2v) is 9.06. The average Bonchev–Trinajstić information content (AvgIpc) is 2.29. The van der Waals surface area contributed by atoms with Gasteiger partial charge >= 0.3 is 12.1 Å². The zero-order valence-electron chi connectivity index (χ0n) is 14.1. The van der Waals surface area contributed by atoms with E-state index in [1.54, 1.807) is 20.8 Å². The highest BCUT2D eigenvalue weighted by atomic mass is 16.6. The molecule has 0 aromatic carbocycles. The quantitative estimate of drug-likeness (QED) is 0.740. The van der Waals surface area contributed by atoms with Gasteiger partial charge in [0.05, 0.1) is 5.60 Å². The van der Waals surface area contributed by atoms with Crippen molar-refractivity contribution in [3.63, 3.8) is 0 Å². The van der Waals surface area contributed by atoms with Crippen molar-refractivity contribution >= 4 is 12.1 Å². The van der Waals surface area contributed by atoms with Crippen LogP contribution in [-0.4, -0.2) is 39.5 Å². The second-order valence-electron chi connectivity index (χ2n) is 9.06. The summed E-state index contributed by atoms with van der Waals surface area (Å²) in [6.07, 6.45) is 4.86. The lowest BCUT2D eigenvalue weighted by Crippen LogP contribution is -2.69. The molecule has 4 fully saturated rings. The van der Waals surface area contributed by atoms with Gasteiger partial charge in [0.1, 0.15) is 11.6 Å². The average molecular weight is 325 g/mol. The molecule has 4 rings (SSSR count). The van der Waals surface area contributed by atoms with Crippen LogP contribution in [0.5, 0.6) is 0 Å². The smallest absolute Gasteiger partial charge is 0.408 e. The van der Waals surface area contributed by atoms with Crippen molar-refractivity contribution in [2.75, 3.05) is 0 Å². The Morgan fingerprint density at radius 2 is 1.78 bits per heavy atom. The number of carboxylic acid groups (broad SMARTS) is 1. The molecule has 0 radical (unpaired) electrons. The molecule has 0 aromatic rings. The molecule has 4 saturated carbocycles. The molecule has 1 amide bonds. The minimum atomic E-state index is -1.05. The molecule has 0 aliphatic heterocycles. The van der Waals surface area contributed by atoms with E-state index in [-0.39, 0.29) is 5.41 Å². The van der Waals surface area contributed by atoms with E-state index in [0.29, 0.717) is 6.42 Å². The molecule has 3 bridgehead atoms.